The monoisotopic (exact) mass is 301 g/mol. The van der Waals surface area contributed by atoms with Crippen molar-refractivity contribution in [3.63, 3.8) is 0 Å². The van der Waals surface area contributed by atoms with E-state index in [0.717, 1.165) is 6.07 Å². The SMILES string of the molecule is C[C@@]1(c2cc(NC(=O)C(F)F)ccc2F)COCC(N)=N1. The molecule has 1 amide bonds. The Morgan fingerprint density at radius 3 is 2.86 bits per heavy atom. The summed E-state index contributed by atoms with van der Waals surface area (Å²) in [7, 11) is 0. The van der Waals surface area contributed by atoms with Gasteiger partial charge in [0.1, 0.15) is 23.8 Å². The van der Waals surface area contributed by atoms with Crippen LogP contribution in [0.5, 0.6) is 0 Å². The molecule has 1 aromatic carbocycles. The summed E-state index contributed by atoms with van der Waals surface area (Å²) < 4.78 is 43.7. The summed E-state index contributed by atoms with van der Waals surface area (Å²) in [6.07, 6.45) is -3.15. The maximum Gasteiger partial charge on any atom is 0.315 e. The Morgan fingerprint density at radius 1 is 1.52 bits per heavy atom. The number of ether oxygens (including phenoxy) is 1. The molecule has 114 valence electrons. The lowest BCUT2D eigenvalue weighted by Gasteiger charge is -2.30. The van der Waals surface area contributed by atoms with Gasteiger partial charge in [-0.05, 0) is 25.1 Å². The van der Waals surface area contributed by atoms with Gasteiger partial charge in [0.05, 0.1) is 6.61 Å². The fourth-order valence-corrected chi connectivity index (χ4v) is 2.09. The molecule has 1 aromatic rings. The number of nitrogens with one attached hydrogen (secondary N) is 1. The maximum atomic E-state index is 14.0. The van der Waals surface area contributed by atoms with E-state index in [0.29, 0.717) is 0 Å². The minimum atomic E-state index is -3.15. The summed E-state index contributed by atoms with van der Waals surface area (Å²) in [6, 6.07) is 3.52. The molecule has 0 radical (unpaired) electrons. The van der Waals surface area contributed by atoms with Crippen LogP contribution < -0.4 is 11.1 Å². The van der Waals surface area contributed by atoms with E-state index in [1.165, 1.54) is 12.1 Å². The number of benzene rings is 1. The molecule has 5 nitrogen and oxygen atoms in total. The molecule has 0 aromatic heterocycles. The third-order valence-corrected chi connectivity index (χ3v) is 3.04. The summed E-state index contributed by atoms with van der Waals surface area (Å²) in [4.78, 5) is 15.2. The third kappa shape index (κ3) is 3.33. The second kappa shape index (κ2) is 5.72. The van der Waals surface area contributed by atoms with Crippen molar-refractivity contribution in [1.29, 1.82) is 0 Å². The quantitative estimate of drug-likeness (QED) is 0.891. The Labute approximate surface area is 119 Å². The number of alkyl halides is 2. The molecule has 0 aliphatic carbocycles. The molecular weight excluding hydrogens is 287 g/mol. The lowest BCUT2D eigenvalue weighted by molar-refractivity contribution is -0.126. The van der Waals surface area contributed by atoms with Crippen LogP contribution in [0.3, 0.4) is 0 Å². The van der Waals surface area contributed by atoms with Crippen molar-refractivity contribution in [3.05, 3.63) is 29.6 Å². The number of amides is 1. The van der Waals surface area contributed by atoms with Gasteiger partial charge in [-0.3, -0.25) is 9.79 Å². The number of amidine groups is 1. The molecule has 1 heterocycles. The van der Waals surface area contributed by atoms with Gasteiger partial charge in [0.15, 0.2) is 0 Å². The minimum Gasteiger partial charge on any atom is -0.386 e. The average Bonchev–Trinajstić information content (AvgIpc) is 2.40. The molecule has 0 bridgehead atoms. The van der Waals surface area contributed by atoms with Gasteiger partial charge in [0.25, 0.3) is 5.91 Å². The second-order valence-corrected chi connectivity index (χ2v) is 4.85. The normalized spacial score (nSPS) is 22.0. The zero-order valence-electron chi connectivity index (χ0n) is 11.2. The first kappa shape index (κ1) is 15.3. The molecule has 1 atom stereocenters. The highest BCUT2D eigenvalue weighted by Gasteiger charge is 2.33. The molecule has 0 unspecified atom stereocenters. The number of aliphatic imine (C=N–C) groups is 1. The Bertz CT molecular complexity index is 592. The van der Waals surface area contributed by atoms with Crippen LogP contribution in [-0.4, -0.2) is 31.4 Å². The highest BCUT2D eigenvalue weighted by Crippen LogP contribution is 2.32. The first-order valence-corrected chi connectivity index (χ1v) is 6.13. The molecule has 0 spiro atoms. The van der Waals surface area contributed by atoms with Gasteiger partial charge >= 0.3 is 6.43 Å². The van der Waals surface area contributed by atoms with Gasteiger partial charge in [0.2, 0.25) is 0 Å². The Kier molecular flexibility index (Phi) is 4.17. The Morgan fingerprint density at radius 2 is 2.24 bits per heavy atom. The van der Waals surface area contributed by atoms with Gasteiger partial charge in [-0.2, -0.15) is 8.78 Å². The van der Waals surface area contributed by atoms with Crippen LogP contribution in [0.25, 0.3) is 0 Å². The fourth-order valence-electron chi connectivity index (χ4n) is 2.09. The predicted octanol–water partition coefficient (Wildman–Crippen LogP) is 1.63. The number of rotatable bonds is 3. The number of carbonyl (C=O) groups is 1. The van der Waals surface area contributed by atoms with E-state index in [-0.39, 0.29) is 30.3 Å². The van der Waals surface area contributed by atoms with Gasteiger partial charge in [0, 0.05) is 11.3 Å². The Balaban J connectivity index is 2.35. The van der Waals surface area contributed by atoms with Crippen molar-refractivity contribution < 1.29 is 22.7 Å². The largest absolute Gasteiger partial charge is 0.386 e. The standard InChI is InChI=1S/C13H14F3N3O2/c1-13(6-21-5-10(17)19-13)8-4-7(2-3-9(8)14)18-12(20)11(15)16/h2-4,11H,5-6H2,1H3,(H2,17,19)(H,18,20)/t13-/m0/s1. The van der Waals surface area contributed by atoms with E-state index in [9.17, 15) is 18.0 Å². The number of nitrogens with zero attached hydrogens (tertiary/aromatic N) is 1. The number of hydrogen-bond acceptors (Lipinski definition) is 4. The van der Waals surface area contributed by atoms with Crippen molar-refractivity contribution in [2.24, 2.45) is 10.7 Å². The number of halogens is 3. The molecule has 0 saturated carbocycles. The number of hydrogen-bond donors (Lipinski definition) is 2. The summed E-state index contributed by atoms with van der Waals surface area (Å²) in [5, 5.41) is 2.00. The van der Waals surface area contributed by atoms with Crippen LogP contribution in [0, 0.1) is 5.82 Å². The van der Waals surface area contributed by atoms with E-state index >= 15 is 0 Å². The number of nitrogens with two attached hydrogens (primary N) is 1. The minimum absolute atomic E-state index is 0.0530. The van der Waals surface area contributed by atoms with Crippen molar-refractivity contribution in [2.45, 2.75) is 18.9 Å². The summed E-state index contributed by atoms with van der Waals surface area (Å²) in [5.74, 6) is -1.83. The lowest BCUT2D eigenvalue weighted by Crippen LogP contribution is -2.38. The molecular formula is C13H14F3N3O2. The van der Waals surface area contributed by atoms with E-state index in [4.69, 9.17) is 10.5 Å². The van der Waals surface area contributed by atoms with Crippen LogP contribution in [0.2, 0.25) is 0 Å². The molecule has 21 heavy (non-hydrogen) atoms. The summed E-state index contributed by atoms with van der Waals surface area (Å²) in [6.45, 7) is 1.85. The van der Waals surface area contributed by atoms with E-state index in [2.05, 4.69) is 4.99 Å². The van der Waals surface area contributed by atoms with Gasteiger partial charge in [-0.15, -0.1) is 0 Å². The van der Waals surface area contributed by atoms with Crippen LogP contribution in [0.1, 0.15) is 12.5 Å². The fraction of sp³-hybridized carbons (Fsp3) is 0.385. The topological polar surface area (TPSA) is 76.7 Å². The van der Waals surface area contributed by atoms with Crippen molar-refractivity contribution >= 4 is 17.4 Å². The maximum absolute atomic E-state index is 14.0. The molecule has 0 fully saturated rings. The van der Waals surface area contributed by atoms with Crippen molar-refractivity contribution in [3.8, 4) is 0 Å². The van der Waals surface area contributed by atoms with Crippen LogP contribution in [0.4, 0.5) is 18.9 Å². The molecule has 1 aliphatic rings. The van der Waals surface area contributed by atoms with Gasteiger partial charge in [-0.25, -0.2) is 4.39 Å². The third-order valence-electron chi connectivity index (χ3n) is 3.04. The highest BCUT2D eigenvalue weighted by atomic mass is 19.3. The van der Waals surface area contributed by atoms with E-state index < -0.39 is 23.7 Å². The van der Waals surface area contributed by atoms with Crippen LogP contribution in [0.15, 0.2) is 23.2 Å². The highest BCUT2D eigenvalue weighted by molar-refractivity contribution is 5.93. The zero-order chi connectivity index (χ0) is 15.6. The molecule has 1 aliphatic heterocycles. The summed E-state index contributed by atoms with van der Waals surface area (Å²) >= 11 is 0. The number of carbonyl (C=O) groups excluding carboxylic acids is 1. The molecule has 0 saturated heterocycles. The predicted molar refractivity (Wildman–Crippen MR) is 70.8 cm³/mol. The van der Waals surface area contributed by atoms with Crippen molar-refractivity contribution in [2.75, 3.05) is 18.5 Å². The second-order valence-electron chi connectivity index (χ2n) is 4.85. The summed E-state index contributed by atoms with van der Waals surface area (Å²) in [5.41, 5.74) is 4.68. The first-order chi connectivity index (χ1) is 9.82. The first-order valence-electron chi connectivity index (χ1n) is 6.13. The number of anilines is 1. The lowest BCUT2D eigenvalue weighted by atomic mass is 9.92. The van der Waals surface area contributed by atoms with Crippen molar-refractivity contribution in [1.82, 2.24) is 0 Å². The molecule has 8 heteroatoms. The van der Waals surface area contributed by atoms with Crippen LogP contribution in [-0.2, 0) is 15.1 Å². The average molecular weight is 301 g/mol. The molecule has 3 N–H and O–H groups in total. The van der Waals surface area contributed by atoms with E-state index in [1.807, 2.05) is 5.32 Å². The van der Waals surface area contributed by atoms with Gasteiger partial charge in [-0.1, -0.05) is 0 Å². The molecule has 2 rings (SSSR count). The van der Waals surface area contributed by atoms with E-state index in [1.54, 1.807) is 6.92 Å². The zero-order valence-corrected chi connectivity index (χ0v) is 11.2. The van der Waals surface area contributed by atoms with Gasteiger partial charge < -0.3 is 15.8 Å². The smallest absolute Gasteiger partial charge is 0.315 e. The van der Waals surface area contributed by atoms with Crippen LogP contribution >= 0.6 is 0 Å². The Hall–Kier alpha value is -2.09.